The monoisotopic (exact) mass is 333 g/mol. The number of rotatable bonds is 2. The zero-order valence-electron chi connectivity index (χ0n) is 14.0. The minimum Gasteiger partial charge on any atom is -0.256 e. The summed E-state index contributed by atoms with van der Waals surface area (Å²) in [6.45, 7) is 0. The Kier molecular flexibility index (Phi) is 3.42. The molecule has 0 unspecified atom stereocenters. The maximum absolute atomic E-state index is 4.97. The second kappa shape index (κ2) is 6.05. The summed E-state index contributed by atoms with van der Waals surface area (Å²) in [6, 6.07) is 28.4. The average molecular weight is 333 g/mol. The first kappa shape index (κ1) is 14.7. The van der Waals surface area contributed by atoms with E-state index in [9.17, 15) is 0 Å². The van der Waals surface area contributed by atoms with Gasteiger partial charge in [0, 0.05) is 22.7 Å². The van der Waals surface area contributed by atoms with Crippen LogP contribution in [0.4, 0.5) is 0 Å². The number of fused-ring (bicyclic) bond motifs is 2. The summed E-state index contributed by atoms with van der Waals surface area (Å²) in [6.07, 6.45) is 1.82. The number of para-hydroxylation sites is 3. The van der Waals surface area contributed by atoms with Gasteiger partial charge in [-0.2, -0.15) is 0 Å². The molecule has 0 amide bonds. The molecule has 0 atom stereocenters. The van der Waals surface area contributed by atoms with Crippen LogP contribution in [0.3, 0.4) is 0 Å². The van der Waals surface area contributed by atoms with Crippen LogP contribution >= 0.6 is 0 Å². The van der Waals surface area contributed by atoms with Gasteiger partial charge in [0.15, 0.2) is 0 Å². The Morgan fingerprint density at radius 2 is 1.23 bits per heavy atom. The standard InChI is InChI=1S/C23H15N3/c1-2-8-17(9-3-1)22-23(26-20-14-5-4-13-19(20)25-22)18-12-6-10-16-11-7-15-24-21(16)18/h1-15H. The van der Waals surface area contributed by atoms with Crippen molar-refractivity contribution in [2.24, 2.45) is 0 Å². The van der Waals surface area contributed by atoms with Crippen molar-refractivity contribution in [2.75, 3.05) is 0 Å². The van der Waals surface area contributed by atoms with Gasteiger partial charge in [-0.3, -0.25) is 4.98 Å². The highest BCUT2D eigenvalue weighted by Crippen LogP contribution is 2.34. The first-order chi connectivity index (χ1) is 12.9. The lowest BCUT2D eigenvalue weighted by Crippen LogP contribution is -1.96. The zero-order chi connectivity index (χ0) is 17.3. The lowest BCUT2D eigenvalue weighted by atomic mass is 10.0. The summed E-state index contributed by atoms with van der Waals surface area (Å²) in [7, 11) is 0. The molecule has 0 fully saturated rings. The van der Waals surface area contributed by atoms with Gasteiger partial charge in [-0.15, -0.1) is 0 Å². The van der Waals surface area contributed by atoms with Gasteiger partial charge in [0.05, 0.1) is 27.9 Å². The first-order valence-electron chi connectivity index (χ1n) is 8.56. The maximum Gasteiger partial charge on any atom is 0.0994 e. The largest absolute Gasteiger partial charge is 0.256 e. The topological polar surface area (TPSA) is 38.7 Å². The van der Waals surface area contributed by atoms with Gasteiger partial charge in [0.2, 0.25) is 0 Å². The van der Waals surface area contributed by atoms with E-state index in [0.29, 0.717) is 0 Å². The fourth-order valence-corrected chi connectivity index (χ4v) is 3.28. The second-order valence-corrected chi connectivity index (χ2v) is 6.16. The van der Waals surface area contributed by atoms with Crippen molar-refractivity contribution in [1.82, 2.24) is 15.0 Å². The van der Waals surface area contributed by atoms with Gasteiger partial charge < -0.3 is 0 Å². The summed E-state index contributed by atoms with van der Waals surface area (Å²) >= 11 is 0. The fourth-order valence-electron chi connectivity index (χ4n) is 3.28. The molecule has 2 aromatic heterocycles. The molecule has 122 valence electrons. The van der Waals surface area contributed by atoms with E-state index in [4.69, 9.17) is 9.97 Å². The number of nitrogens with zero attached hydrogens (tertiary/aromatic N) is 3. The van der Waals surface area contributed by atoms with E-state index in [1.54, 1.807) is 0 Å². The summed E-state index contributed by atoms with van der Waals surface area (Å²) in [5.41, 5.74) is 6.51. The van der Waals surface area contributed by atoms with E-state index in [-0.39, 0.29) is 0 Å². The van der Waals surface area contributed by atoms with Crippen LogP contribution in [0.1, 0.15) is 0 Å². The van der Waals surface area contributed by atoms with Crippen LogP contribution in [0.2, 0.25) is 0 Å². The molecule has 0 saturated carbocycles. The molecule has 5 aromatic rings. The van der Waals surface area contributed by atoms with Crippen molar-refractivity contribution in [2.45, 2.75) is 0 Å². The van der Waals surface area contributed by atoms with Gasteiger partial charge in [0.1, 0.15) is 0 Å². The van der Waals surface area contributed by atoms with Crippen LogP contribution in [-0.2, 0) is 0 Å². The van der Waals surface area contributed by atoms with Crippen LogP contribution in [0.25, 0.3) is 44.5 Å². The van der Waals surface area contributed by atoms with Crippen LogP contribution < -0.4 is 0 Å². The van der Waals surface area contributed by atoms with E-state index in [1.165, 1.54) is 0 Å². The van der Waals surface area contributed by atoms with Crippen molar-refractivity contribution in [3.63, 3.8) is 0 Å². The molecule has 0 bridgehead atoms. The number of pyridine rings is 1. The van der Waals surface area contributed by atoms with Crippen molar-refractivity contribution >= 4 is 21.9 Å². The SMILES string of the molecule is c1ccc(-c2nc3ccccc3nc2-c2cccc3cccnc23)cc1. The molecule has 0 saturated heterocycles. The number of hydrogen-bond acceptors (Lipinski definition) is 3. The number of benzene rings is 3. The van der Waals surface area contributed by atoms with Crippen LogP contribution in [-0.4, -0.2) is 15.0 Å². The summed E-state index contributed by atoms with van der Waals surface area (Å²) in [5.74, 6) is 0. The third-order valence-electron chi connectivity index (χ3n) is 4.51. The van der Waals surface area contributed by atoms with Crippen molar-refractivity contribution in [3.05, 3.63) is 91.1 Å². The molecule has 0 radical (unpaired) electrons. The molecule has 3 nitrogen and oxygen atoms in total. The molecule has 0 spiro atoms. The first-order valence-corrected chi connectivity index (χ1v) is 8.56. The summed E-state index contributed by atoms with van der Waals surface area (Å²) < 4.78 is 0. The van der Waals surface area contributed by atoms with Crippen LogP contribution in [0.15, 0.2) is 91.1 Å². The van der Waals surface area contributed by atoms with Crippen LogP contribution in [0.5, 0.6) is 0 Å². The van der Waals surface area contributed by atoms with Crippen LogP contribution in [0, 0.1) is 0 Å². The minimum absolute atomic E-state index is 0.860. The third kappa shape index (κ3) is 2.42. The zero-order valence-corrected chi connectivity index (χ0v) is 14.0. The van der Waals surface area contributed by atoms with E-state index < -0.39 is 0 Å². The van der Waals surface area contributed by atoms with E-state index in [1.807, 2.05) is 60.8 Å². The third-order valence-corrected chi connectivity index (χ3v) is 4.51. The highest BCUT2D eigenvalue weighted by Gasteiger charge is 2.15. The molecule has 3 aromatic carbocycles. The maximum atomic E-state index is 4.97. The molecular weight excluding hydrogens is 318 g/mol. The Balaban J connectivity index is 1.89. The number of hydrogen-bond donors (Lipinski definition) is 0. The lowest BCUT2D eigenvalue weighted by Gasteiger charge is -2.12. The minimum atomic E-state index is 0.860. The van der Waals surface area contributed by atoms with Gasteiger partial charge in [-0.1, -0.05) is 66.7 Å². The molecule has 0 aliphatic rings. The Hall–Kier alpha value is -3.59. The van der Waals surface area contributed by atoms with Crippen molar-refractivity contribution < 1.29 is 0 Å². The smallest absolute Gasteiger partial charge is 0.0994 e. The predicted octanol–water partition coefficient (Wildman–Crippen LogP) is 5.51. The average Bonchev–Trinajstić information content (AvgIpc) is 2.73. The Morgan fingerprint density at radius 1 is 0.538 bits per heavy atom. The lowest BCUT2D eigenvalue weighted by molar-refractivity contribution is 1.29. The van der Waals surface area contributed by atoms with E-state index in [0.717, 1.165) is 44.5 Å². The molecule has 3 heteroatoms. The molecule has 2 heterocycles. The van der Waals surface area contributed by atoms with E-state index >= 15 is 0 Å². The fraction of sp³-hybridized carbons (Fsp3) is 0. The van der Waals surface area contributed by atoms with Gasteiger partial charge in [-0.25, -0.2) is 9.97 Å². The normalized spacial score (nSPS) is 11.1. The highest BCUT2D eigenvalue weighted by atomic mass is 14.8. The Labute approximate surface area is 151 Å². The predicted molar refractivity (Wildman–Crippen MR) is 106 cm³/mol. The van der Waals surface area contributed by atoms with Gasteiger partial charge in [-0.05, 0) is 18.2 Å². The Morgan fingerprint density at radius 3 is 2.04 bits per heavy atom. The van der Waals surface area contributed by atoms with Crippen molar-refractivity contribution in [1.29, 1.82) is 0 Å². The highest BCUT2D eigenvalue weighted by molar-refractivity contribution is 5.97. The molecule has 26 heavy (non-hydrogen) atoms. The summed E-state index contributed by atoms with van der Waals surface area (Å²) in [4.78, 5) is 14.5. The summed E-state index contributed by atoms with van der Waals surface area (Å²) in [5, 5.41) is 1.10. The molecule has 5 rings (SSSR count). The van der Waals surface area contributed by atoms with Gasteiger partial charge in [0.25, 0.3) is 0 Å². The van der Waals surface area contributed by atoms with Gasteiger partial charge >= 0.3 is 0 Å². The number of aromatic nitrogens is 3. The quantitative estimate of drug-likeness (QED) is 0.427. The second-order valence-electron chi connectivity index (χ2n) is 6.16. The Bertz CT molecular complexity index is 1220. The molecule has 0 aliphatic heterocycles. The van der Waals surface area contributed by atoms with Crippen molar-refractivity contribution in [3.8, 4) is 22.5 Å². The molecule has 0 aliphatic carbocycles. The van der Waals surface area contributed by atoms with E-state index in [2.05, 4.69) is 35.3 Å². The molecular formula is C23H15N3. The molecule has 0 N–H and O–H groups in total.